The van der Waals surface area contributed by atoms with Crippen molar-refractivity contribution in [1.82, 2.24) is 14.9 Å². The zero-order valence-electron chi connectivity index (χ0n) is 22.2. The van der Waals surface area contributed by atoms with Gasteiger partial charge in [0.25, 0.3) is 0 Å². The average molecular weight is 503 g/mol. The number of ether oxygens (including phenoxy) is 3. The van der Waals surface area contributed by atoms with Gasteiger partial charge in [0.1, 0.15) is 19.0 Å². The molecular formula is C26H38N4O6. The van der Waals surface area contributed by atoms with Crippen LogP contribution in [0.2, 0.25) is 0 Å². The molecular weight excluding hydrogens is 464 g/mol. The quantitative estimate of drug-likeness (QED) is 0.385. The zero-order chi connectivity index (χ0) is 26.4. The first kappa shape index (κ1) is 27.5. The number of hydrogen-bond acceptors (Lipinski definition) is 8. The molecule has 36 heavy (non-hydrogen) atoms. The molecule has 0 unspecified atom stereocenters. The van der Waals surface area contributed by atoms with Crippen LogP contribution in [-0.2, 0) is 27.3 Å². The Morgan fingerprint density at radius 1 is 1.22 bits per heavy atom. The predicted molar refractivity (Wildman–Crippen MR) is 136 cm³/mol. The highest BCUT2D eigenvalue weighted by Gasteiger charge is 2.32. The Labute approximate surface area is 213 Å². The highest BCUT2D eigenvalue weighted by Crippen LogP contribution is 2.41. The molecule has 198 valence electrons. The number of amides is 2. The molecule has 1 aromatic carbocycles. The van der Waals surface area contributed by atoms with Crippen molar-refractivity contribution in [2.45, 2.75) is 46.1 Å². The van der Waals surface area contributed by atoms with E-state index in [-0.39, 0.29) is 25.0 Å². The summed E-state index contributed by atoms with van der Waals surface area (Å²) >= 11 is 0. The Balaban J connectivity index is 1.69. The highest BCUT2D eigenvalue weighted by molar-refractivity contribution is 6.05. The van der Waals surface area contributed by atoms with Crippen LogP contribution in [0.4, 0.5) is 10.5 Å². The molecule has 2 aliphatic rings. The van der Waals surface area contributed by atoms with E-state index in [1.165, 1.54) is 4.90 Å². The van der Waals surface area contributed by atoms with Crippen molar-refractivity contribution in [2.24, 2.45) is 0 Å². The lowest BCUT2D eigenvalue weighted by Crippen LogP contribution is -2.36. The number of fused-ring (bicyclic) bond motifs is 1. The summed E-state index contributed by atoms with van der Waals surface area (Å²) in [6.45, 7) is 7.09. The summed E-state index contributed by atoms with van der Waals surface area (Å²) in [5, 5.41) is 7.21. The molecule has 2 heterocycles. The molecule has 0 saturated carbocycles. The molecule has 2 amide bonds. The first-order valence-corrected chi connectivity index (χ1v) is 12.3. The largest absolute Gasteiger partial charge is 0.496 e. The Hall–Kier alpha value is -3.11. The predicted octanol–water partition coefficient (Wildman–Crippen LogP) is 3.13. The van der Waals surface area contributed by atoms with Gasteiger partial charge in [0, 0.05) is 58.3 Å². The molecule has 1 N–H and O–H groups in total. The van der Waals surface area contributed by atoms with E-state index in [0.717, 1.165) is 36.2 Å². The molecule has 10 heteroatoms. The van der Waals surface area contributed by atoms with Crippen LogP contribution < -0.4 is 10.1 Å². The molecule has 0 aromatic heterocycles. The Morgan fingerprint density at radius 3 is 2.61 bits per heavy atom. The van der Waals surface area contributed by atoms with E-state index in [1.54, 1.807) is 21.2 Å². The number of urea groups is 1. The minimum absolute atomic E-state index is 0.145. The zero-order valence-corrected chi connectivity index (χ0v) is 22.2. The molecule has 10 nitrogen and oxygen atoms in total. The van der Waals surface area contributed by atoms with Gasteiger partial charge in [-0.25, -0.2) is 19.6 Å². The van der Waals surface area contributed by atoms with E-state index in [0.29, 0.717) is 48.6 Å². The third kappa shape index (κ3) is 6.36. The molecule has 2 aliphatic heterocycles. The minimum Gasteiger partial charge on any atom is -0.496 e. The summed E-state index contributed by atoms with van der Waals surface area (Å²) in [5.74, 6) is -0.0803. The number of carbonyl (C=O) groups is 3. The normalized spacial score (nSPS) is 16.1. The van der Waals surface area contributed by atoms with Crippen LogP contribution in [-0.4, -0.2) is 87.4 Å². The van der Waals surface area contributed by atoms with Crippen LogP contribution >= 0.6 is 0 Å². The van der Waals surface area contributed by atoms with Crippen LogP contribution in [0.25, 0.3) is 0 Å². The summed E-state index contributed by atoms with van der Waals surface area (Å²) in [6.07, 6.45) is 4.37. The Bertz CT molecular complexity index is 1040. The van der Waals surface area contributed by atoms with Gasteiger partial charge in [0.15, 0.2) is 0 Å². The topological polar surface area (TPSA) is 101 Å². The highest BCUT2D eigenvalue weighted by atomic mass is 16.5. The maximum absolute atomic E-state index is 12.5. The van der Waals surface area contributed by atoms with Gasteiger partial charge >= 0.3 is 18.0 Å². The summed E-state index contributed by atoms with van der Waals surface area (Å²) in [4.78, 5) is 38.7. The van der Waals surface area contributed by atoms with Crippen molar-refractivity contribution >= 4 is 23.7 Å². The number of cyclic esters (lactones) is 1. The minimum atomic E-state index is -0.463. The lowest BCUT2D eigenvalue weighted by Gasteiger charge is -2.23. The lowest BCUT2D eigenvalue weighted by atomic mass is 9.93. The average Bonchev–Trinajstić information content (AvgIpc) is 3.43. The molecule has 1 aromatic rings. The van der Waals surface area contributed by atoms with Crippen molar-refractivity contribution < 1.29 is 28.6 Å². The molecule has 0 radical (unpaired) electrons. The number of anilines is 1. The van der Waals surface area contributed by atoms with Crippen LogP contribution in [0.5, 0.6) is 5.75 Å². The second kappa shape index (κ2) is 12.2. The van der Waals surface area contributed by atoms with Crippen molar-refractivity contribution in [3.63, 3.8) is 0 Å². The summed E-state index contributed by atoms with van der Waals surface area (Å²) < 4.78 is 16.4. The third-order valence-corrected chi connectivity index (χ3v) is 6.69. The standard InChI is InChI=1S/C26H38N4O6/c1-17(9-11-21(31)35-15-14-30-13-7-12-29(30)5)8-10-19-23(27-26(33)28(3)4)22-20(16-36-25(22)32)18(2)24(19)34-6/h8H,7,9-16H2,1-6H3,(H,27,33). The maximum atomic E-state index is 12.5. The number of rotatable bonds is 10. The molecule has 0 spiro atoms. The fourth-order valence-electron chi connectivity index (χ4n) is 4.50. The van der Waals surface area contributed by atoms with E-state index in [9.17, 15) is 14.4 Å². The van der Waals surface area contributed by atoms with Gasteiger partial charge in [0.2, 0.25) is 0 Å². The number of hydrogen-bond donors (Lipinski definition) is 1. The van der Waals surface area contributed by atoms with Crippen LogP contribution in [0.3, 0.4) is 0 Å². The third-order valence-electron chi connectivity index (χ3n) is 6.69. The molecule has 0 bridgehead atoms. The van der Waals surface area contributed by atoms with Gasteiger partial charge in [-0.1, -0.05) is 11.6 Å². The lowest BCUT2D eigenvalue weighted by molar-refractivity contribution is -0.144. The molecule has 3 rings (SSSR count). The van der Waals surface area contributed by atoms with Gasteiger partial charge < -0.3 is 24.4 Å². The van der Waals surface area contributed by atoms with Crippen LogP contribution in [0.1, 0.15) is 53.2 Å². The van der Waals surface area contributed by atoms with Crippen molar-refractivity contribution in [1.29, 1.82) is 0 Å². The van der Waals surface area contributed by atoms with Gasteiger partial charge in [-0.3, -0.25) is 4.79 Å². The summed E-state index contributed by atoms with van der Waals surface area (Å²) in [5.41, 5.74) is 4.01. The molecule has 1 fully saturated rings. The van der Waals surface area contributed by atoms with Crippen LogP contribution in [0.15, 0.2) is 11.6 Å². The van der Waals surface area contributed by atoms with E-state index >= 15 is 0 Å². The van der Waals surface area contributed by atoms with Gasteiger partial charge in [0.05, 0.1) is 18.4 Å². The molecule has 1 saturated heterocycles. The van der Waals surface area contributed by atoms with Crippen molar-refractivity contribution in [2.75, 3.05) is 59.8 Å². The first-order chi connectivity index (χ1) is 17.1. The molecule has 0 atom stereocenters. The van der Waals surface area contributed by atoms with Crippen LogP contribution in [0, 0.1) is 6.92 Å². The Kier molecular flexibility index (Phi) is 9.33. The number of nitrogens with zero attached hydrogens (tertiary/aromatic N) is 3. The number of esters is 2. The summed E-state index contributed by atoms with van der Waals surface area (Å²) in [7, 11) is 6.87. The van der Waals surface area contributed by atoms with Crippen molar-refractivity contribution in [3.05, 3.63) is 33.9 Å². The number of methoxy groups -OCH3 is 1. The summed E-state index contributed by atoms with van der Waals surface area (Å²) in [6, 6.07) is -0.354. The fraction of sp³-hybridized carbons (Fsp3) is 0.577. The van der Waals surface area contributed by atoms with Gasteiger partial charge in [-0.2, -0.15) is 0 Å². The second-order valence-electron chi connectivity index (χ2n) is 9.43. The number of allylic oxidation sites excluding steroid dienone is 2. The first-order valence-electron chi connectivity index (χ1n) is 12.3. The van der Waals surface area contributed by atoms with E-state index in [4.69, 9.17) is 14.2 Å². The Morgan fingerprint density at radius 2 is 1.97 bits per heavy atom. The number of hydrazine groups is 1. The number of benzene rings is 1. The smallest absolute Gasteiger partial charge is 0.341 e. The number of nitrogens with one attached hydrogen (secondary N) is 1. The molecule has 0 aliphatic carbocycles. The second-order valence-corrected chi connectivity index (χ2v) is 9.43. The van der Waals surface area contributed by atoms with E-state index in [2.05, 4.69) is 15.3 Å². The fourth-order valence-corrected chi connectivity index (χ4v) is 4.50. The van der Waals surface area contributed by atoms with E-state index in [1.807, 2.05) is 27.0 Å². The maximum Gasteiger partial charge on any atom is 0.341 e. The van der Waals surface area contributed by atoms with Gasteiger partial charge in [-0.15, -0.1) is 0 Å². The van der Waals surface area contributed by atoms with Gasteiger partial charge in [-0.05, 0) is 38.7 Å². The number of carbonyl (C=O) groups excluding carboxylic acids is 3. The monoisotopic (exact) mass is 502 g/mol. The van der Waals surface area contributed by atoms with Crippen molar-refractivity contribution in [3.8, 4) is 5.75 Å². The SMILES string of the molecule is COc1c(C)c2c(c(NC(=O)N(C)C)c1CC=C(C)CCC(=O)OCCN1CCCN1C)C(=O)OC2. The van der Waals surface area contributed by atoms with E-state index < -0.39 is 5.97 Å².